The summed E-state index contributed by atoms with van der Waals surface area (Å²) in [6, 6.07) is 0. The summed E-state index contributed by atoms with van der Waals surface area (Å²) in [7, 11) is 0. The number of thiophene rings is 1. The summed E-state index contributed by atoms with van der Waals surface area (Å²) in [6.07, 6.45) is 1.74. The highest BCUT2D eigenvalue weighted by Crippen LogP contribution is 2.31. The molecule has 1 saturated heterocycles. The molecule has 1 atom stereocenters. The molecule has 1 unspecified atom stereocenters. The molecule has 3 rings (SSSR count). The zero-order valence-electron chi connectivity index (χ0n) is 10.3. The van der Waals surface area contributed by atoms with E-state index in [0.717, 1.165) is 29.1 Å². The van der Waals surface area contributed by atoms with Gasteiger partial charge in [-0.05, 0) is 17.9 Å². The van der Waals surface area contributed by atoms with E-state index in [-0.39, 0.29) is 6.10 Å². The third-order valence-corrected chi connectivity index (χ3v) is 4.30. The third kappa shape index (κ3) is 1.96. The zero-order chi connectivity index (χ0) is 12.5. The molecule has 2 N–H and O–H groups in total. The molecule has 0 radical (unpaired) electrons. The number of ether oxygens (including phenoxy) is 1. The topological polar surface area (TPSA) is 64.3 Å². The van der Waals surface area contributed by atoms with Gasteiger partial charge in [0.1, 0.15) is 12.1 Å². The number of aromatic nitrogens is 2. The van der Waals surface area contributed by atoms with E-state index in [1.807, 2.05) is 0 Å². The van der Waals surface area contributed by atoms with Gasteiger partial charge in [-0.1, -0.05) is 0 Å². The normalized spacial score (nSPS) is 20.6. The average molecular weight is 264 g/mol. The molecule has 0 saturated carbocycles. The first-order valence-electron chi connectivity index (χ1n) is 6.05. The van der Waals surface area contributed by atoms with Crippen LogP contribution in [0.1, 0.15) is 5.56 Å². The Morgan fingerprint density at radius 2 is 2.44 bits per heavy atom. The van der Waals surface area contributed by atoms with Gasteiger partial charge in [0.2, 0.25) is 0 Å². The quantitative estimate of drug-likeness (QED) is 0.882. The van der Waals surface area contributed by atoms with Crippen molar-refractivity contribution in [3.63, 3.8) is 0 Å². The fourth-order valence-corrected chi connectivity index (χ4v) is 3.26. The van der Waals surface area contributed by atoms with E-state index < -0.39 is 0 Å². The summed E-state index contributed by atoms with van der Waals surface area (Å²) in [5.74, 6) is 1.01. The second-order valence-electron chi connectivity index (χ2n) is 4.47. The standard InChI is InChI=1S/C12H16N4OS/c1-8-6-18-11-10(8)14-7-15-12(11)16-2-3-17-9(4-13)5-16/h6-7,9H,2-5,13H2,1H3. The van der Waals surface area contributed by atoms with Gasteiger partial charge in [0, 0.05) is 19.6 Å². The van der Waals surface area contributed by atoms with Crippen LogP contribution in [-0.4, -0.2) is 42.3 Å². The van der Waals surface area contributed by atoms with Crippen LogP contribution in [0.5, 0.6) is 0 Å². The minimum atomic E-state index is 0.102. The fourth-order valence-electron chi connectivity index (χ4n) is 2.24. The monoisotopic (exact) mass is 264 g/mol. The summed E-state index contributed by atoms with van der Waals surface area (Å²) >= 11 is 1.70. The maximum atomic E-state index is 5.68. The average Bonchev–Trinajstić information content (AvgIpc) is 2.81. The van der Waals surface area contributed by atoms with Crippen LogP contribution in [0, 0.1) is 6.92 Å². The number of nitrogens with two attached hydrogens (primary N) is 1. The van der Waals surface area contributed by atoms with Crippen LogP contribution < -0.4 is 10.6 Å². The third-order valence-electron chi connectivity index (χ3n) is 3.21. The first-order chi connectivity index (χ1) is 8.79. The second kappa shape index (κ2) is 4.79. The van der Waals surface area contributed by atoms with Crippen LogP contribution in [-0.2, 0) is 4.74 Å². The lowest BCUT2D eigenvalue weighted by molar-refractivity contribution is 0.0464. The molecule has 0 aromatic carbocycles. The first kappa shape index (κ1) is 11.8. The Morgan fingerprint density at radius 3 is 3.28 bits per heavy atom. The first-order valence-corrected chi connectivity index (χ1v) is 6.93. The SMILES string of the molecule is Cc1csc2c(N3CCOC(CN)C3)ncnc12. The van der Waals surface area contributed by atoms with E-state index in [1.165, 1.54) is 5.56 Å². The lowest BCUT2D eigenvalue weighted by Crippen LogP contribution is -2.46. The van der Waals surface area contributed by atoms with Crippen molar-refractivity contribution in [3.8, 4) is 0 Å². The van der Waals surface area contributed by atoms with Gasteiger partial charge in [-0.2, -0.15) is 0 Å². The van der Waals surface area contributed by atoms with Gasteiger partial charge in [-0.15, -0.1) is 11.3 Å². The van der Waals surface area contributed by atoms with E-state index in [0.29, 0.717) is 13.2 Å². The molecule has 96 valence electrons. The predicted octanol–water partition coefficient (Wildman–Crippen LogP) is 1.16. The maximum absolute atomic E-state index is 5.68. The minimum Gasteiger partial charge on any atom is -0.373 e. The molecule has 2 aromatic rings. The molecular weight excluding hydrogens is 248 g/mol. The Hall–Kier alpha value is -1.24. The van der Waals surface area contributed by atoms with Crippen LogP contribution in [0.4, 0.5) is 5.82 Å². The molecule has 5 nitrogen and oxygen atoms in total. The predicted molar refractivity (Wildman–Crippen MR) is 73.2 cm³/mol. The lowest BCUT2D eigenvalue weighted by Gasteiger charge is -2.33. The van der Waals surface area contributed by atoms with Gasteiger partial charge >= 0.3 is 0 Å². The van der Waals surface area contributed by atoms with E-state index in [9.17, 15) is 0 Å². The summed E-state index contributed by atoms with van der Waals surface area (Å²) < 4.78 is 6.75. The van der Waals surface area contributed by atoms with Crippen molar-refractivity contribution in [1.29, 1.82) is 0 Å². The molecule has 1 fully saturated rings. The van der Waals surface area contributed by atoms with Crippen LogP contribution in [0.25, 0.3) is 10.2 Å². The molecule has 3 heterocycles. The Bertz CT molecular complexity index is 556. The molecular formula is C12H16N4OS. The summed E-state index contributed by atoms with van der Waals surface area (Å²) in [4.78, 5) is 11.0. The Labute approximate surface area is 110 Å². The summed E-state index contributed by atoms with van der Waals surface area (Å²) in [6.45, 7) is 5.00. The molecule has 18 heavy (non-hydrogen) atoms. The molecule has 0 amide bonds. The molecule has 1 aliphatic heterocycles. The van der Waals surface area contributed by atoms with Crippen LogP contribution >= 0.6 is 11.3 Å². The summed E-state index contributed by atoms with van der Waals surface area (Å²) in [5, 5.41) is 2.13. The smallest absolute Gasteiger partial charge is 0.150 e. The number of nitrogens with zero attached hydrogens (tertiary/aromatic N) is 3. The van der Waals surface area contributed by atoms with Crippen molar-refractivity contribution in [3.05, 3.63) is 17.3 Å². The van der Waals surface area contributed by atoms with Gasteiger partial charge < -0.3 is 15.4 Å². The van der Waals surface area contributed by atoms with E-state index in [2.05, 4.69) is 27.2 Å². The van der Waals surface area contributed by atoms with Crippen LogP contribution in [0.2, 0.25) is 0 Å². The fraction of sp³-hybridized carbons (Fsp3) is 0.500. The number of morpholine rings is 1. The Balaban J connectivity index is 1.98. The van der Waals surface area contributed by atoms with Gasteiger partial charge in [0.25, 0.3) is 0 Å². The molecule has 0 spiro atoms. The number of rotatable bonds is 2. The maximum Gasteiger partial charge on any atom is 0.150 e. The van der Waals surface area contributed by atoms with Gasteiger partial charge in [-0.25, -0.2) is 9.97 Å². The van der Waals surface area contributed by atoms with E-state index in [4.69, 9.17) is 10.5 Å². The molecule has 1 aliphatic rings. The number of anilines is 1. The highest BCUT2D eigenvalue weighted by atomic mass is 32.1. The highest BCUT2D eigenvalue weighted by molar-refractivity contribution is 7.18. The van der Waals surface area contributed by atoms with Gasteiger partial charge in [0.05, 0.1) is 22.9 Å². The second-order valence-corrected chi connectivity index (χ2v) is 5.35. The van der Waals surface area contributed by atoms with E-state index in [1.54, 1.807) is 17.7 Å². The van der Waals surface area contributed by atoms with Crippen molar-refractivity contribution in [2.75, 3.05) is 31.1 Å². The highest BCUT2D eigenvalue weighted by Gasteiger charge is 2.22. The minimum absolute atomic E-state index is 0.102. The molecule has 6 heteroatoms. The number of fused-ring (bicyclic) bond motifs is 1. The molecule has 0 aliphatic carbocycles. The number of hydrogen-bond donors (Lipinski definition) is 1. The summed E-state index contributed by atoms with van der Waals surface area (Å²) in [5.41, 5.74) is 7.95. The van der Waals surface area contributed by atoms with Gasteiger partial charge in [0.15, 0.2) is 0 Å². The van der Waals surface area contributed by atoms with Crippen molar-refractivity contribution >= 4 is 27.4 Å². The Kier molecular flexibility index (Phi) is 3.15. The zero-order valence-corrected chi connectivity index (χ0v) is 11.1. The van der Waals surface area contributed by atoms with Crippen molar-refractivity contribution in [1.82, 2.24) is 9.97 Å². The Morgan fingerprint density at radius 1 is 1.56 bits per heavy atom. The van der Waals surface area contributed by atoms with E-state index >= 15 is 0 Å². The van der Waals surface area contributed by atoms with Crippen LogP contribution in [0.15, 0.2) is 11.7 Å². The number of aryl methyl sites for hydroxylation is 1. The van der Waals surface area contributed by atoms with Crippen molar-refractivity contribution in [2.24, 2.45) is 5.73 Å². The van der Waals surface area contributed by atoms with Crippen molar-refractivity contribution in [2.45, 2.75) is 13.0 Å². The molecule has 0 bridgehead atoms. The van der Waals surface area contributed by atoms with Crippen molar-refractivity contribution < 1.29 is 4.74 Å². The molecule has 2 aromatic heterocycles. The largest absolute Gasteiger partial charge is 0.373 e. The van der Waals surface area contributed by atoms with Gasteiger partial charge in [-0.3, -0.25) is 0 Å². The lowest BCUT2D eigenvalue weighted by atomic mass is 10.2. The number of hydrogen-bond acceptors (Lipinski definition) is 6. The van der Waals surface area contributed by atoms with Crippen LogP contribution in [0.3, 0.4) is 0 Å².